The van der Waals surface area contributed by atoms with Crippen molar-refractivity contribution in [2.45, 2.75) is 27.1 Å². The van der Waals surface area contributed by atoms with Crippen molar-refractivity contribution in [1.82, 2.24) is 0 Å². The van der Waals surface area contributed by atoms with Crippen LogP contribution >= 0.6 is 0 Å². The molecule has 0 fully saturated rings. The van der Waals surface area contributed by atoms with E-state index >= 15 is 4.39 Å². The smallest absolute Gasteiger partial charge is 0.229 e. The Hall–Kier alpha value is -3.97. The van der Waals surface area contributed by atoms with Crippen molar-refractivity contribution in [1.29, 1.82) is 0 Å². The molecule has 5 rings (SSSR count). The first-order valence-corrected chi connectivity index (χ1v) is 11.3. The average Bonchev–Trinajstić information content (AvgIpc) is 3.24. The number of pyridine rings is 1. The van der Waals surface area contributed by atoms with Crippen LogP contribution in [0.2, 0.25) is 0 Å². The lowest BCUT2D eigenvalue weighted by Gasteiger charge is -2.12. The number of hydrogen-bond donors (Lipinski definition) is 0. The summed E-state index contributed by atoms with van der Waals surface area (Å²) in [7, 11) is 1.75. The Morgan fingerprint density at radius 3 is 2.56 bits per heavy atom. The molecule has 2 aromatic heterocycles. The maximum Gasteiger partial charge on any atom is 0.229 e. The fourth-order valence-corrected chi connectivity index (χ4v) is 4.63. The second-order valence-corrected chi connectivity index (χ2v) is 8.88. The molecule has 0 amide bonds. The van der Waals surface area contributed by atoms with E-state index < -0.39 is 18.1 Å². The van der Waals surface area contributed by atoms with Gasteiger partial charge in [0.25, 0.3) is 0 Å². The summed E-state index contributed by atoms with van der Waals surface area (Å²) < 4.78 is 40.3. The summed E-state index contributed by atoms with van der Waals surface area (Å²) in [5.41, 5.74) is 5.84. The molecule has 3 nitrogen and oxygen atoms in total. The van der Waals surface area contributed by atoms with Crippen molar-refractivity contribution in [2.24, 2.45) is 13.0 Å². The Labute approximate surface area is 201 Å². The first kappa shape index (κ1) is 19.5. The average molecular weight is 452 g/mol. The van der Waals surface area contributed by atoms with E-state index in [2.05, 4.69) is 10.9 Å². The van der Waals surface area contributed by atoms with Gasteiger partial charge < -0.3 is 4.42 Å². The molecule has 0 bridgehead atoms. The highest BCUT2D eigenvalue weighted by molar-refractivity contribution is 6.18. The first-order chi connectivity index (χ1) is 17.1. The number of aryl methyl sites for hydroxylation is 2. The molecule has 168 valence electrons. The number of rotatable bonds is 4. The summed E-state index contributed by atoms with van der Waals surface area (Å²) in [6.07, 6.45) is -0.524. The lowest BCUT2D eigenvalue weighted by atomic mass is 9.91. The molecule has 0 spiro atoms. The number of hydrogen-bond acceptors (Lipinski definition) is 1. The minimum atomic E-state index is -1.85. The number of benzene rings is 3. The van der Waals surface area contributed by atoms with E-state index in [1.165, 1.54) is 6.20 Å². The van der Waals surface area contributed by atoms with Gasteiger partial charge in [0.05, 0.1) is 12.1 Å². The fourth-order valence-electron chi connectivity index (χ4n) is 4.63. The molecular weight excluding hydrogens is 423 g/mol. The number of halogens is 1. The van der Waals surface area contributed by atoms with Crippen LogP contribution in [0.4, 0.5) is 10.1 Å². The maximum absolute atomic E-state index is 15.1. The van der Waals surface area contributed by atoms with Gasteiger partial charge in [-0.3, -0.25) is 0 Å². The van der Waals surface area contributed by atoms with Gasteiger partial charge in [0.1, 0.15) is 18.2 Å². The summed E-state index contributed by atoms with van der Waals surface area (Å²) in [6, 6.07) is 19.2. The number of para-hydroxylation sites is 1. The van der Waals surface area contributed by atoms with Crippen LogP contribution in [0.15, 0.2) is 71.3 Å². The second kappa shape index (κ2) is 8.43. The van der Waals surface area contributed by atoms with Crippen LogP contribution in [-0.4, -0.2) is 0 Å². The van der Waals surface area contributed by atoms with E-state index in [4.69, 9.17) is 13.7 Å². The zero-order chi connectivity index (χ0) is 25.8. The van der Waals surface area contributed by atoms with Gasteiger partial charge in [-0.15, -0.1) is 0 Å². The van der Waals surface area contributed by atoms with Gasteiger partial charge in [-0.05, 0) is 42.0 Å². The second-order valence-electron chi connectivity index (χ2n) is 8.88. The summed E-state index contributed by atoms with van der Waals surface area (Å²) >= 11 is 0. The fraction of sp³-hybridized carbons (Fsp3) is 0.200. The van der Waals surface area contributed by atoms with Crippen molar-refractivity contribution < 1.29 is 16.1 Å². The van der Waals surface area contributed by atoms with Gasteiger partial charge in [-0.2, -0.15) is 4.57 Å². The molecule has 3 aromatic carbocycles. The van der Waals surface area contributed by atoms with E-state index in [0.717, 1.165) is 33.0 Å². The highest BCUT2D eigenvalue weighted by Gasteiger charge is 2.26. The number of nitrogens with zero attached hydrogens (tertiary/aromatic N) is 2. The van der Waals surface area contributed by atoms with Gasteiger partial charge in [0, 0.05) is 25.1 Å². The van der Waals surface area contributed by atoms with Gasteiger partial charge in [0.15, 0.2) is 5.82 Å². The van der Waals surface area contributed by atoms with Crippen LogP contribution in [0.1, 0.15) is 27.7 Å². The Morgan fingerprint density at radius 2 is 1.85 bits per heavy atom. The van der Waals surface area contributed by atoms with E-state index in [9.17, 15) is 0 Å². The molecule has 0 saturated carbocycles. The van der Waals surface area contributed by atoms with E-state index in [1.807, 2.05) is 49.4 Å². The minimum Gasteiger partial charge on any atom is -0.466 e. The Kier molecular flexibility index (Phi) is 4.83. The largest absolute Gasteiger partial charge is 0.466 e. The molecule has 0 aliphatic carbocycles. The molecule has 0 unspecified atom stereocenters. The van der Waals surface area contributed by atoms with E-state index in [0.29, 0.717) is 22.5 Å². The third-order valence-corrected chi connectivity index (χ3v) is 6.08. The molecule has 0 radical (unpaired) electrons. The maximum atomic E-state index is 15.1. The van der Waals surface area contributed by atoms with Crippen molar-refractivity contribution in [2.75, 3.05) is 0 Å². The van der Waals surface area contributed by atoms with Crippen LogP contribution in [0.3, 0.4) is 0 Å². The van der Waals surface area contributed by atoms with Gasteiger partial charge in [-0.25, -0.2) is 9.24 Å². The van der Waals surface area contributed by atoms with Gasteiger partial charge in [0.2, 0.25) is 17.6 Å². The van der Waals surface area contributed by atoms with Crippen molar-refractivity contribution >= 4 is 27.6 Å². The van der Waals surface area contributed by atoms with Crippen LogP contribution in [0.5, 0.6) is 0 Å². The Bertz CT molecular complexity index is 1680. The predicted molar refractivity (Wildman–Crippen MR) is 135 cm³/mol. The SMILES string of the molecule is [2H]C([2H])(c1cc(-c2c(C)cc(-c3ccccc3)c3c2oc2c([N+]#[C-])cccc23)[n+](C)cc1F)C(C)C. The molecule has 0 N–H and O–H groups in total. The topological polar surface area (TPSA) is 21.4 Å². The standard InChI is InChI=1S/C30H26FN2O/c1-18(2)14-21-16-26(33(5)17-24(21)31)27-19(3)15-23(20-10-7-6-8-11-20)28-22-12-9-13-25(32-4)29(22)34-30(27)28/h6-13,15-18H,14H2,1-3,5H3/q+1/i14D2. The summed E-state index contributed by atoms with van der Waals surface area (Å²) in [4.78, 5) is 3.67. The Morgan fingerprint density at radius 1 is 1.09 bits per heavy atom. The molecule has 4 heteroatoms. The molecule has 2 heterocycles. The van der Waals surface area contributed by atoms with Crippen LogP contribution in [-0.2, 0) is 13.4 Å². The summed E-state index contributed by atoms with van der Waals surface area (Å²) in [5.74, 6) is -1.00. The lowest BCUT2D eigenvalue weighted by Crippen LogP contribution is -2.32. The van der Waals surface area contributed by atoms with Crippen LogP contribution < -0.4 is 4.57 Å². The predicted octanol–water partition coefficient (Wildman–Crippen LogP) is 7.94. The molecular formula is C30H26FN2O+. The van der Waals surface area contributed by atoms with E-state index in [1.54, 1.807) is 37.6 Å². The quantitative estimate of drug-likeness (QED) is 0.201. The molecule has 0 aliphatic rings. The minimum absolute atomic E-state index is 0.0169. The van der Waals surface area contributed by atoms with Crippen LogP contribution in [0.25, 0.3) is 49.2 Å². The van der Waals surface area contributed by atoms with Gasteiger partial charge in [-0.1, -0.05) is 62.4 Å². The van der Waals surface area contributed by atoms with Crippen LogP contribution in [0, 0.1) is 25.2 Å². The highest BCUT2D eigenvalue weighted by atomic mass is 19.1. The first-order valence-electron chi connectivity index (χ1n) is 12.3. The van der Waals surface area contributed by atoms with Gasteiger partial charge >= 0.3 is 0 Å². The number of fused-ring (bicyclic) bond motifs is 3. The summed E-state index contributed by atoms with van der Waals surface area (Å²) in [6.45, 7) is 13.1. The zero-order valence-electron chi connectivity index (χ0n) is 21.6. The monoisotopic (exact) mass is 451 g/mol. The number of aromatic nitrogens is 1. The third kappa shape index (κ3) is 3.54. The molecule has 0 saturated heterocycles. The number of furan rings is 1. The van der Waals surface area contributed by atoms with Crippen molar-refractivity contribution in [3.63, 3.8) is 0 Å². The molecule has 5 aromatic rings. The van der Waals surface area contributed by atoms with Crippen molar-refractivity contribution in [3.05, 3.63) is 95.2 Å². The van der Waals surface area contributed by atoms with E-state index in [-0.39, 0.29) is 5.56 Å². The highest BCUT2D eigenvalue weighted by Crippen LogP contribution is 2.45. The lowest BCUT2D eigenvalue weighted by molar-refractivity contribution is -0.662. The Balaban J connectivity index is 1.94. The molecule has 0 aliphatic heterocycles. The molecule has 0 atom stereocenters. The summed E-state index contributed by atoms with van der Waals surface area (Å²) in [5, 5.41) is 1.71. The van der Waals surface area contributed by atoms with Crippen molar-refractivity contribution in [3.8, 4) is 22.4 Å². The normalized spacial score (nSPS) is 12.7. The third-order valence-electron chi connectivity index (χ3n) is 6.08. The zero-order valence-corrected chi connectivity index (χ0v) is 19.6. The molecule has 34 heavy (non-hydrogen) atoms.